The number of likely N-dealkylation sites (tertiary alicyclic amines) is 1. The van der Waals surface area contributed by atoms with E-state index in [2.05, 4.69) is 23.2 Å². The van der Waals surface area contributed by atoms with Gasteiger partial charge in [-0.2, -0.15) is 0 Å². The van der Waals surface area contributed by atoms with Gasteiger partial charge in [0.25, 0.3) is 0 Å². The molecular weight excluding hydrogens is 136 g/mol. The summed E-state index contributed by atoms with van der Waals surface area (Å²) >= 11 is 0. The molecule has 0 amide bonds. The van der Waals surface area contributed by atoms with Crippen LogP contribution in [0.1, 0.15) is 13.3 Å². The molecule has 1 rings (SSSR count). The molecule has 0 aliphatic carbocycles. The molecule has 1 heterocycles. The largest absolute Gasteiger partial charge is 0.305 e. The molecule has 0 saturated carbocycles. The molecule has 1 aliphatic rings. The Morgan fingerprint density at radius 1 is 1.73 bits per heavy atom. The molecule has 1 fully saturated rings. The van der Waals surface area contributed by atoms with Gasteiger partial charge in [0.1, 0.15) is 0 Å². The van der Waals surface area contributed by atoms with E-state index in [1.165, 1.54) is 13.0 Å². The van der Waals surface area contributed by atoms with Gasteiger partial charge in [-0.1, -0.05) is 5.92 Å². The summed E-state index contributed by atoms with van der Waals surface area (Å²) in [7, 11) is 2.14. The SMILES string of the molecule is C#CC(C)NC1CCN(C)C1. The van der Waals surface area contributed by atoms with Crippen molar-refractivity contribution in [2.45, 2.75) is 25.4 Å². The third-order valence-corrected chi connectivity index (χ3v) is 2.13. The van der Waals surface area contributed by atoms with Gasteiger partial charge in [-0.15, -0.1) is 6.42 Å². The maximum atomic E-state index is 5.26. The number of nitrogens with one attached hydrogen (secondary N) is 1. The molecule has 0 spiro atoms. The van der Waals surface area contributed by atoms with Crippen LogP contribution < -0.4 is 5.32 Å². The summed E-state index contributed by atoms with van der Waals surface area (Å²) in [5.41, 5.74) is 0. The first-order valence-electron chi connectivity index (χ1n) is 4.13. The van der Waals surface area contributed by atoms with Gasteiger partial charge in [0, 0.05) is 12.6 Å². The highest BCUT2D eigenvalue weighted by atomic mass is 15.2. The van der Waals surface area contributed by atoms with E-state index in [0.717, 1.165) is 6.54 Å². The van der Waals surface area contributed by atoms with Crippen molar-refractivity contribution in [3.63, 3.8) is 0 Å². The van der Waals surface area contributed by atoms with E-state index in [9.17, 15) is 0 Å². The van der Waals surface area contributed by atoms with Crippen molar-refractivity contribution in [3.05, 3.63) is 0 Å². The molecule has 62 valence electrons. The predicted molar refractivity (Wildman–Crippen MR) is 47.3 cm³/mol. The van der Waals surface area contributed by atoms with Gasteiger partial charge in [0.15, 0.2) is 0 Å². The normalized spacial score (nSPS) is 28.3. The van der Waals surface area contributed by atoms with Crippen LogP contribution in [0.15, 0.2) is 0 Å². The molecule has 2 atom stereocenters. The van der Waals surface area contributed by atoms with Crippen molar-refractivity contribution >= 4 is 0 Å². The van der Waals surface area contributed by atoms with Crippen LogP contribution in [0.3, 0.4) is 0 Å². The summed E-state index contributed by atoms with van der Waals surface area (Å²) in [5.74, 6) is 2.68. The number of terminal acetylenes is 1. The first kappa shape index (κ1) is 8.58. The van der Waals surface area contributed by atoms with Gasteiger partial charge < -0.3 is 4.90 Å². The average molecular weight is 152 g/mol. The van der Waals surface area contributed by atoms with E-state index in [1.807, 2.05) is 6.92 Å². The number of likely N-dealkylation sites (N-methyl/N-ethyl adjacent to an activating group) is 1. The minimum atomic E-state index is 0.214. The lowest BCUT2D eigenvalue weighted by Crippen LogP contribution is -2.37. The van der Waals surface area contributed by atoms with Gasteiger partial charge in [-0.05, 0) is 26.9 Å². The van der Waals surface area contributed by atoms with Crippen molar-refractivity contribution in [2.75, 3.05) is 20.1 Å². The van der Waals surface area contributed by atoms with Gasteiger partial charge in [-0.25, -0.2) is 0 Å². The molecule has 2 unspecified atom stereocenters. The topological polar surface area (TPSA) is 15.3 Å². The number of hydrogen-bond acceptors (Lipinski definition) is 2. The van der Waals surface area contributed by atoms with E-state index < -0.39 is 0 Å². The average Bonchev–Trinajstić information content (AvgIpc) is 2.35. The second kappa shape index (κ2) is 3.75. The van der Waals surface area contributed by atoms with Gasteiger partial charge in [0.2, 0.25) is 0 Å². The Bertz CT molecular complexity index is 159. The lowest BCUT2D eigenvalue weighted by atomic mass is 10.2. The van der Waals surface area contributed by atoms with Crippen LogP contribution in [0.4, 0.5) is 0 Å². The van der Waals surface area contributed by atoms with Crippen LogP contribution in [0.25, 0.3) is 0 Å². The molecule has 2 nitrogen and oxygen atoms in total. The van der Waals surface area contributed by atoms with Crippen molar-refractivity contribution in [2.24, 2.45) is 0 Å². The molecule has 0 bridgehead atoms. The molecule has 1 N–H and O–H groups in total. The maximum Gasteiger partial charge on any atom is 0.0660 e. The summed E-state index contributed by atoms with van der Waals surface area (Å²) in [6.07, 6.45) is 6.48. The fourth-order valence-corrected chi connectivity index (χ4v) is 1.47. The van der Waals surface area contributed by atoms with Crippen molar-refractivity contribution in [3.8, 4) is 12.3 Å². The van der Waals surface area contributed by atoms with Crippen LogP contribution in [0.2, 0.25) is 0 Å². The summed E-state index contributed by atoms with van der Waals surface area (Å²) in [6.45, 7) is 4.35. The third kappa shape index (κ3) is 2.53. The minimum absolute atomic E-state index is 0.214. The summed E-state index contributed by atoms with van der Waals surface area (Å²) < 4.78 is 0. The molecule has 1 aliphatic heterocycles. The second-order valence-electron chi connectivity index (χ2n) is 3.30. The highest BCUT2D eigenvalue weighted by Gasteiger charge is 2.19. The van der Waals surface area contributed by atoms with Gasteiger partial charge >= 0.3 is 0 Å². The predicted octanol–water partition coefficient (Wildman–Crippen LogP) is 0.302. The standard InChI is InChI=1S/C9H16N2/c1-4-8(2)10-9-5-6-11(3)7-9/h1,8-10H,5-7H2,2-3H3. The van der Waals surface area contributed by atoms with E-state index in [0.29, 0.717) is 6.04 Å². The van der Waals surface area contributed by atoms with Gasteiger partial charge in [-0.3, -0.25) is 5.32 Å². The molecular formula is C9H16N2. The zero-order valence-electron chi connectivity index (χ0n) is 7.30. The Morgan fingerprint density at radius 2 is 2.45 bits per heavy atom. The number of hydrogen-bond donors (Lipinski definition) is 1. The fraction of sp³-hybridized carbons (Fsp3) is 0.778. The molecule has 0 aromatic heterocycles. The monoisotopic (exact) mass is 152 g/mol. The Morgan fingerprint density at radius 3 is 2.91 bits per heavy atom. The Balaban J connectivity index is 2.24. The molecule has 0 radical (unpaired) electrons. The van der Waals surface area contributed by atoms with E-state index in [-0.39, 0.29) is 6.04 Å². The molecule has 0 aromatic rings. The van der Waals surface area contributed by atoms with Crippen LogP contribution in [0, 0.1) is 12.3 Å². The van der Waals surface area contributed by atoms with Crippen molar-refractivity contribution < 1.29 is 0 Å². The smallest absolute Gasteiger partial charge is 0.0660 e. The summed E-state index contributed by atoms with van der Waals surface area (Å²) in [4.78, 5) is 2.32. The van der Waals surface area contributed by atoms with Crippen molar-refractivity contribution in [1.29, 1.82) is 0 Å². The fourth-order valence-electron chi connectivity index (χ4n) is 1.47. The lowest BCUT2D eigenvalue weighted by Gasteiger charge is -2.14. The Hall–Kier alpha value is -0.520. The first-order chi connectivity index (χ1) is 5.22. The van der Waals surface area contributed by atoms with Crippen LogP contribution in [0.5, 0.6) is 0 Å². The molecule has 2 heteroatoms. The Kier molecular flexibility index (Phi) is 2.92. The number of rotatable bonds is 2. The minimum Gasteiger partial charge on any atom is -0.305 e. The van der Waals surface area contributed by atoms with Gasteiger partial charge in [0.05, 0.1) is 6.04 Å². The summed E-state index contributed by atoms with van der Waals surface area (Å²) in [5, 5.41) is 3.38. The van der Waals surface area contributed by atoms with E-state index in [4.69, 9.17) is 6.42 Å². The first-order valence-corrected chi connectivity index (χ1v) is 4.13. The van der Waals surface area contributed by atoms with E-state index in [1.54, 1.807) is 0 Å². The van der Waals surface area contributed by atoms with E-state index >= 15 is 0 Å². The van der Waals surface area contributed by atoms with Crippen LogP contribution in [-0.4, -0.2) is 37.1 Å². The molecule has 11 heavy (non-hydrogen) atoms. The molecule has 0 aromatic carbocycles. The maximum absolute atomic E-state index is 5.26. The highest BCUT2D eigenvalue weighted by Crippen LogP contribution is 2.06. The zero-order valence-corrected chi connectivity index (χ0v) is 7.30. The van der Waals surface area contributed by atoms with Crippen molar-refractivity contribution in [1.82, 2.24) is 10.2 Å². The van der Waals surface area contributed by atoms with Crippen LogP contribution >= 0.6 is 0 Å². The Labute approximate surface area is 69.0 Å². The summed E-state index contributed by atoms with van der Waals surface area (Å²) in [6, 6.07) is 0.817. The third-order valence-electron chi connectivity index (χ3n) is 2.13. The second-order valence-corrected chi connectivity index (χ2v) is 3.30. The van der Waals surface area contributed by atoms with Crippen LogP contribution in [-0.2, 0) is 0 Å². The zero-order chi connectivity index (χ0) is 8.27. The molecule has 1 saturated heterocycles. The highest BCUT2D eigenvalue weighted by molar-refractivity contribution is 4.98. The number of nitrogens with zero attached hydrogens (tertiary/aromatic N) is 1. The quantitative estimate of drug-likeness (QED) is 0.573. The lowest BCUT2D eigenvalue weighted by molar-refractivity contribution is 0.395.